The summed E-state index contributed by atoms with van der Waals surface area (Å²) >= 11 is 5.70. The van der Waals surface area contributed by atoms with Crippen molar-refractivity contribution in [1.82, 2.24) is 4.57 Å². The minimum Gasteiger partial charge on any atom is -0.355 e. The summed E-state index contributed by atoms with van der Waals surface area (Å²) < 4.78 is 62.4. The number of nitrogens with zero attached hydrogens (tertiary/aromatic N) is 1. The molecular weight excluding hydrogens is 315 g/mol. The molecule has 108 valence electrons. The van der Waals surface area contributed by atoms with Gasteiger partial charge >= 0.3 is 5.51 Å². The van der Waals surface area contributed by atoms with Gasteiger partial charge in [-0.15, -0.1) is 0 Å². The molecule has 2 rings (SSSR count). The molecule has 0 aliphatic heterocycles. The second-order valence-corrected chi connectivity index (χ2v) is 6.50. The summed E-state index contributed by atoms with van der Waals surface area (Å²) in [6.07, 6.45) is 2.26. The maximum Gasteiger partial charge on any atom is 0.501 e. The summed E-state index contributed by atoms with van der Waals surface area (Å²) in [5, 5.41) is 0.407. The van der Waals surface area contributed by atoms with Crippen LogP contribution in [0, 0.1) is 0 Å². The summed E-state index contributed by atoms with van der Waals surface area (Å²) in [5.74, 6) is 0. The number of hydrogen-bond acceptors (Lipinski definition) is 2. The summed E-state index contributed by atoms with van der Waals surface area (Å²) in [7, 11) is -3.95. The van der Waals surface area contributed by atoms with Gasteiger partial charge in [-0.05, 0) is 17.7 Å². The van der Waals surface area contributed by atoms with E-state index in [0.717, 1.165) is 6.20 Å². The molecule has 0 bridgehead atoms. The van der Waals surface area contributed by atoms with E-state index in [2.05, 4.69) is 0 Å². The lowest BCUT2D eigenvalue weighted by Gasteiger charge is -2.09. The van der Waals surface area contributed by atoms with Gasteiger partial charge in [-0.1, -0.05) is 23.7 Å². The van der Waals surface area contributed by atoms with E-state index in [1.54, 1.807) is 0 Å². The van der Waals surface area contributed by atoms with Gasteiger partial charge in [0.15, 0.2) is 0 Å². The lowest BCUT2D eigenvalue weighted by molar-refractivity contribution is -0.0435. The molecule has 0 spiro atoms. The molecule has 0 aliphatic rings. The number of sulfone groups is 1. The van der Waals surface area contributed by atoms with Crippen molar-refractivity contribution >= 4 is 21.4 Å². The molecule has 0 aliphatic carbocycles. The number of benzene rings is 1. The van der Waals surface area contributed by atoms with Crippen molar-refractivity contribution in [3.63, 3.8) is 0 Å². The third-order valence-corrected chi connectivity index (χ3v) is 4.43. The summed E-state index contributed by atoms with van der Waals surface area (Å²) in [6, 6.07) is 5.89. The zero-order chi connectivity index (χ0) is 15.1. The molecule has 0 amide bonds. The van der Waals surface area contributed by atoms with Crippen LogP contribution >= 0.6 is 11.6 Å². The first-order valence-corrected chi connectivity index (χ1v) is 7.22. The molecule has 20 heavy (non-hydrogen) atoms. The Bertz CT molecular complexity index is 733. The number of aromatic nitrogens is 1. The number of aryl methyl sites for hydroxylation is 1. The number of rotatable bonds is 2. The van der Waals surface area contributed by atoms with Crippen LogP contribution in [-0.4, -0.2) is 18.5 Å². The third-order valence-electron chi connectivity index (χ3n) is 2.67. The highest BCUT2D eigenvalue weighted by Gasteiger charge is 2.48. The molecule has 0 fully saturated rings. The lowest BCUT2D eigenvalue weighted by atomic mass is 10.1. The van der Waals surface area contributed by atoms with Crippen LogP contribution in [0.4, 0.5) is 13.2 Å². The number of alkyl halides is 3. The zero-order valence-corrected chi connectivity index (χ0v) is 11.7. The van der Waals surface area contributed by atoms with E-state index >= 15 is 0 Å². The minimum absolute atomic E-state index is 0.0125. The van der Waals surface area contributed by atoms with Crippen molar-refractivity contribution in [1.29, 1.82) is 0 Å². The minimum atomic E-state index is -5.40. The fourth-order valence-corrected chi connectivity index (χ4v) is 2.88. The largest absolute Gasteiger partial charge is 0.501 e. The first-order valence-electron chi connectivity index (χ1n) is 5.36. The molecule has 0 N–H and O–H groups in total. The van der Waals surface area contributed by atoms with Gasteiger partial charge in [0.2, 0.25) is 0 Å². The Balaban J connectivity index is 2.66. The van der Waals surface area contributed by atoms with Gasteiger partial charge in [0.25, 0.3) is 9.84 Å². The van der Waals surface area contributed by atoms with Gasteiger partial charge in [0, 0.05) is 30.0 Å². The van der Waals surface area contributed by atoms with E-state index in [1.165, 1.54) is 42.1 Å². The number of hydrogen-bond donors (Lipinski definition) is 0. The Morgan fingerprint density at radius 2 is 1.65 bits per heavy atom. The van der Waals surface area contributed by atoms with E-state index in [1.807, 2.05) is 0 Å². The maximum atomic E-state index is 12.7. The molecule has 0 radical (unpaired) electrons. The second kappa shape index (κ2) is 4.82. The SMILES string of the molecule is Cn1cc(-c2ccc(Cl)cc2)c(S(=O)(=O)C(F)(F)F)c1. The van der Waals surface area contributed by atoms with Gasteiger partial charge in [-0.3, -0.25) is 0 Å². The van der Waals surface area contributed by atoms with E-state index < -0.39 is 20.2 Å². The molecule has 1 aromatic carbocycles. The highest BCUT2D eigenvalue weighted by molar-refractivity contribution is 7.92. The molecule has 3 nitrogen and oxygen atoms in total. The Hall–Kier alpha value is -1.47. The Morgan fingerprint density at radius 1 is 1.10 bits per heavy atom. The highest BCUT2D eigenvalue weighted by atomic mass is 35.5. The molecule has 2 aromatic rings. The van der Waals surface area contributed by atoms with Crippen LogP contribution < -0.4 is 0 Å². The first kappa shape index (κ1) is 14.9. The average molecular weight is 324 g/mol. The monoisotopic (exact) mass is 323 g/mol. The Labute approximate surface area is 118 Å². The van der Waals surface area contributed by atoms with Crippen molar-refractivity contribution in [2.24, 2.45) is 7.05 Å². The van der Waals surface area contributed by atoms with Crippen molar-refractivity contribution in [2.45, 2.75) is 10.4 Å². The van der Waals surface area contributed by atoms with Gasteiger partial charge in [0.05, 0.1) is 0 Å². The molecule has 0 saturated heterocycles. The van der Waals surface area contributed by atoms with Crippen molar-refractivity contribution in [3.05, 3.63) is 41.7 Å². The van der Waals surface area contributed by atoms with Crippen LogP contribution in [-0.2, 0) is 16.9 Å². The lowest BCUT2D eigenvalue weighted by Crippen LogP contribution is -2.23. The maximum absolute atomic E-state index is 12.7. The van der Waals surface area contributed by atoms with Gasteiger partial charge in [-0.2, -0.15) is 13.2 Å². The molecular formula is C12H9ClF3NO2S. The Kier molecular flexibility index (Phi) is 3.60. The van der Waals surface area contributed by atoms with Crippen LogP contribution in [0.15, 0.2) is 41.6 Å². The zero-order valence-electron chi connectivity index (χ0n) is 10.1. The van der Waals surface area contributed by atoms with E-state index in [-0.39, 0.29) is 5.56 Å². The number of halogens is 4. The fourth-order valence-electron chi connectivity index (χ4n) is 1.74. The summed E-state index contributed by atoms with van der Waals surface area (Å²) in [4.78, 5) is -0.769. The highest BCUT2D eigenvalue weighted by Crippen LogP contribution is 2.37. The van der Waals surface area contributed by atoms with Crippen LogP contribution in [0.25, 0.3) is 11.1 Å². The average Bonchev–Trinajstić information content (AvgIpc) is 2.71. The normalized spacial score (nSPS) is 12.7. The van der Waals surface area contributed by atoms with E-state index in [0.29, 0.717) is 10.6 Å². The molecule has 8 heteroatoms. The first-order chi connectivity index (χ1) is 9.13. The molecule has 0 atom stereocenters. The van der Waals surface area contributed by atoms with Crippen molar-refractivity contribution < 1.29 is 21.6 Å². The van der Waals surface area contributed by atoms with Crippen LogP contribution in [0.3, 0.4) is 0 Å². The third kappa shape index (κ3) is 2.55. The van der Waals surface area contributed by atoms with Gasteiger partial charge in [-0.25, -0.2) is 8.42 Å². The van der Waals surface area contributed by atoms with Crippen LogP contribution in [0.5, 0.6) is 0 Å². The van der Waals surface area contributed by atoms with Crippen LogP contribution in [0.1, 0.15) is 0 Å². The predicted molar refractivity (Wildman–Crippen MR) is 69.1 cm³/mol. The molecule has 0 saturated carbocycles. The predicted octanol–water partition coefficient (Wildman–Crippen LogP) is 3.64. The quantitative estimate of drug-likeness (QED) is 0.846. The van der Waals surface area contributed by atoms with E-state index in [9.17, 15) is 21.6 Å². The van der Waals surface area contributed by atoms with Crippen molar-refractivity contribution in [2.75, 3.05) is 0 Å². The standard InChI is InChI=1S/C12H9ClF3NO2S/c1-17-6-10(8-2-4-9(13)5-3-8)11(7-17)20(18,19)12(14,15)16/h2-7H,1H3. The summed E-state index contributed by atoms with van der Waals surface area (Å²) in [5.41, 5.74) is -5.01. The molecule has 0 unspecified atom stereocenters. The Morgan fingerprint density at radius 3 is 2.15 bits per heavy atom. The van der Waals surface area contributed by atoms with Crippen LogP contribution in [0.2, 0.25) is 5.02 Å². The molecule has 1 heterocycles. The van der Waals surface area contributed by atoms with Gasteiger partial charge in [0.1, 0.15) is 4.90 Å². The van der Waals surface area contributed by atoms with Crippen molar-refractivity contribution in [3.8, 4) is 11.1 Å². The second-order valence-electron chi connectivity index (χ2n) is 4.16. The topological polar surface area (TPSA) is 39.1 Å². The smallest absolute Gasteiger partial charge is 0.355 e. The van der Waals surface area contributed by atoms with E-state index in [4.69, 9.17) is 11.6 Å². The fraction of sp³-hybridized carbons (Fsp3) is 0.167. The molecule has 1 aromatic heterocycles. The summed E-state index contributed by atoms with van der Waals surface area (Å²) in [6.45, 7) is 0. The van der Waals surface area contributed by atoms with Gasteiger partial charge < -0.3 is 4.57 Å².